The van der Waals surface area contributed by atoms with E-state index in [9.17, 15) is 22.4 Å². The Balaban J connectivity index is 1.85. The molecule has 1 saturated heterocycles. The highest BCUT2D eigenvalue weighted by Gasteiger charge is 2.40. The number of carbonyl (C=O) groups excluding carboxylic acids is 1. The number of ether oxygens (including phenoxy) is 1. The van der Waals surface area contributed by atoms with E-state index in [0.717, 1.165) is 25.8 Å². The number of anilines is 1. The molecule has 0 aliphatic carbocycles. The lowest BCUT2D eigenvalue weighted by molar-refractivity contribution is -0.168. The molecule has 1 atom stereocenters. The SMILES string of the molecule is O=C(Nc1cccc(COCC(F)(F)C(F)F)c1)[C@@H]1CCCCN1. The monoisotopic (exact) mass is 348 g/mol. The Morgan fingerprint density at radius 2 is 2.17 bits per heavy atom. The Kier molecular flexibility index (Phi) is 6.56. The Morgan fingerprint density at radius 3 is 2.83 bits per heavy atom. The van der Waals surface area contributed by atoms with Gasteiger partial charge in [0, 0.05) is 5.69 Å². The van der Waals surface area contributed by atoms with Gasteiger partial charge in [0.05, 0.1) is 12.6 Å². The summed E-state index contributed by atoms with van der Waals surface area (Å²) in [5, 5.41) is 5.88. The van der Waals surface area contributed by atoms with Gasteiger partial charge in [-0.25, -0.2) is 8.78 Å². The van der Waals surface area contributed by atoms with Gasteiger partial charge in [-0.15, -0.1) is 0 Å². The van der Waals surface area contributed by atoms with Crippen LogP contribution in [0.25, 0.3) is 0 Å². The summed E-state index contributed by atoms with van der Waals surface area (Å²) in [7, 11) is 0. The average Bonchev–Trinajstić information content (AvgIpc) is 2.55. The number of amides is 1. The highest BCUT2D eigenvalue weighted by Crippen LogP contribution is 2.23. The molecule has 1 amide bonds. The van der Waals surface area contributed by atoms with E-state index in [1.54, 1.807) is 24.3 Å². The Morgan fingerprint density at radius 1 is 1.38 bits per heavy atom. The van der Waals surface area contributed by atoms with Gasteiger partial charge in [-0.3, -0.25) is 4.79 Å². The van der Waals surface area contributed by atoms with Crippen LogP contribution < -0.4 is 10.6 Å². The fourth-order valence-corrected chi connectivity index (χ4v) is 2.41. The lowest BCUT2D eigenvalue weighted by atomic mass is 10.0. The number of halogens is 4. The molecule has 0 bridgehead atoms. The lowest BCUT2D eigenvalue weighted by Crippen LogP contribution is -2.43. The predicted octanol–water partition coefficient (Wildman–Crippen LogP) is 3.18. The molecule has 8 heteroatoms. The molecule has 134 valence electrons. The Hall–Kier alpha value is -1.67. The van der Waals surface area contributed by atoms with Crippen LogP contribution >= 0.6 is 0 Å². The van der Waals surface area contributed by atoms with Gasteiger partial charge in [0.15, 0.2) is 0 Å². The van der Waals surface area contributed by atoms with Gasteiger partial charge >= 0.3 is 12.3 Å². The fourth-order valence-electron chi connectivity index (χ4n) is 2.41. The van der Waals surface area contributed by atoms with Crippen LogP contribution in [-0.4, -0.2) is 37.4 Å². The molecular formula is C16H20F4N2O2. The van der Waals surface area contributed by atoms with E-state index >= 15 is 0 Å². The standard InChI is InChI=1S/C16H20F4N2O2/c17-15(18)16(19,20)10-24-9-11-4-3-5-12(8-11)22-14(23)13-6-1-2-7-21-13/h3-5,8,13,15,21H,1-2,6-7,9-10H2,(H,22,23)/t13-/m0/s1. The number of carbonyl (C=O) groups is 1. The minimum absolute atomic E-state index is 0.156. The second kappa shape index (κ2) is 8.43. The van der Waals surface area contributed by atoms with Crippen LogP contribution in [0.1, 0.15) is 24.8 Å². The number of nitrogens with one attached hydrogen (secondary N) is 2. The van der Waals surface area contributed by atoms with Crippen LogP contribution in [0.15, 0.2) is 24.3 Å². The van der Waals surface area contributed by atoms with Crippen molar-refractivity contribution in [2.24, 2.45) is 0 Å². The van der Waals surface area contributed by atoms with Crippen molar-refractivity contribution in [3.05, 3.63) is 29.8 Å². The number of rotatable bonds is 7. The molecule has 0 aromatic heterocycles. The highest BCUT2D eigenvalue weighted by atomic mass is 19.3. The number of piperidine rings is 1. The summed E-state index contributed by atoms with van der Waals surface area (Å²) < 4.78 is 54.3. The van der Waals surface area contributed by atoms with Crippen LogP contribution in [0.3, 0.4) is 0 Å². The summed E-state index contributed by atoms with van der Waals surface area (Å²) in [5.41, 5.74) is 1.02. The molecule has 0 spiro atoms. The molecule has 1 heterocycles. The molecule has 1 aliphatic rings. The zero-order valence-corrected chi connectivity index (χ0v) is 13.0. The number of hydrogen-bond donors (Lipinski definition) is 2. The quantitative estimate of drug-likeness (QED) is 0.744. The van der Waals surface area contributed by atoms with E-state index < -0.39 is 19.0 Å². The van der Waals surface area contributed by atoms with Crippen molar-refractivity contribution in [3.8, 4) is 0 Å². The normalized spacial score (nSPS) is 18.6. The first-order valence-corrected chi connectivity index (χ1v) is 7.75. The minimum atomic E-state index is -4.17. The predicted molar refractivity (Wildman–Crippen MR) is 81.3 cm³/mol. The number of hydrogen-bond acceptors (Lipinski definition) is 3. The molecule has 1 aromatic rings. The van der Waals surface area contributed by atoms with Gasteiger partial charge in [-0.1, -0.05) is 18.6 Å². The van der Waals surface area contributed by atoms with Gasteiger partial charge in [-0.05, 0) is 37.1 Å². The molecule has 2 N–H and O–H groups in total. The van der Waals surface area contributed by atoms with Crippen molar-refractivity contribution in [3.63, 3.8) is 0 Å². The van der Waals surface area contributed by atoms with Crippen molar-refractivity contribution < 1.29 is 27.1 Å². The maximum absolute atomic E-state index is 12.8. The van der Waals surface area contributed by atoms with Crippen molar-refractivity contribution in [2.45, 2.75) is 44.3 Å². The van der Waals surface area contributed by atoms with E-state index in [1.807, 2.05) is 0 Å². The van der Waals surface area contributed by atoms with Crippen molar-refractivity contribution in [1.82, 2.24) is 5.32 Å². The van der Waals surface area contributed by atoms with Gasteiger partial charge in [0.1, 0.15) is 6.61 Å². The molecule has 0 saturated carbocycles. The molecule has 2 rings (SSSR count). The first-order valence-electron chi connectivity index (χ1n) is 7.75. The van der Waals surface area contributed by atoms with Crippen molar-refractivity contribution >= 4 is 11.6 Å². The first kappa shape index (κ1) is 18.7. The zero-order chi connectivity index (χ0) is 17.6. The van der Waals surface area contributed by atoms with Gasteiger partial charge < -0.3 is 15.4 Å². The maximum Gasteiger partial charge on any atom is 0.330 e. The third-order valence-corrected chi connectivity index (χ3v) is 3.70. The highest BCUT2D eigenvalue weighted by molar-refractivity contribution is 5.94. The van der Waals surface area contributed by atoms with Gasteiger partial charge in [0.2, 0.25) is 5.91 Å². The van der Waals surface area contributed by atoms with Crippen molar-refractivity contribution in [2.75, 3.05) is 18.5 Å². The summed E-state index contributed by atoms with van der Waals surface area (Å²) >= 11 is 0. The van der Waals surface area contributed by atoms with Crippen molar-refractivity contribution in [1.29, 1.82) is 0 Å². The molecule has 0 unspecified atom stereocenters. The zero-order valence-electron chi connectivity index (χ0n) is 13.0. The van der Waals surface area contributed by atoms with Crippen LogP contribution in [0.2, 0.25) is 0 Å². The van der Waals surface area contributed by atoms with E-state index in [0.29, 0.717) is 11.3 Å². The van der Waals surface area contributed by atoms with Crippen LogP contribution in [0.4, 0.5) is 23.2 Å². The van der Waals surface area contributed by atoms with Crippen LogP contribution in [0, 0.1) is 0 Å². The van der Waals surface area contributed by atoms with Gasteiger partial charge in [0.25, 0.3) is 0 Å². The minimum Gasteiger partial charge on any atom is -0.370 e. The molecule has 1 aliphatic heterocycles. The number of alkyl halides is 4. The second-order valence-electron chi connectivity index (χ2n) is 5.75. The second-order valence-corrected chi connectivity index (χ2v) is 5.75. The summed E-state index contributed by atoms with van der Waals surface area (Å²) in [6, 6.07) is 6.23. The molecule has 4 nitrogen and oxygen atoms in total. The average molecular weight is 348 g/mol. The van der Waals surface area contributed by atoms with E-state index in [1.165, 1.54) is 0 Å². The Bertz CT molecular complexity index is 549. The van der Waals surface area contributed by atoms with E-state index in [4.69, 9.17) is 0 Å². The molecule has 0 radical (unpaired) electrons. The summed E-state index contributed by atoms with van der Waals surface area (Å²) in [5.74, 6) is -4.32. The molecular weight excluding hydrogens is 328 g/mol. The van der Waals surface area contributed by atoms with E-state index in [2.05, 4.69) is 15.4 Å². The van der Waals surface area contributed by atoms with Crippen LogP contribution in [-0.2, 0) is 16.1 Å². The lowest BCUT2D eigenvalue weighted by Gasteiger charge is -2.22. The smallest absolute Gasteiger partial charge is 0.330 e. The Labute approximate surface area is 137 Å². The summed E-state index contributed by atoms with van der Waals surface area (Å²) in [4.78, 5) is 12.1. The third-order valence-electron chi connectivity index (χ3n) is 3.70. The van der Waals surface area contributed by atoms with E-state index in [-0.39, 0.29) is 18.6 Å². The summed E-state index contributed by atoms with van der Waals surface area (Å²) in [6.07, 6.45) is -0.972. The molecule has 1 aromatic carbocycles. The fraction of sp³-hybridized carbons (Fsp3) is 0.562. The molecule has 1 fully saturated rings. The summed E-state index contributed by atoms with van der Waals surface area (Å²) in [6.45, 7) is -0.800. The first-order chi connectivity index (χ1) is 11.4. The third kappa shape index (κ3) is 5.45. The number of benzene rings is 1. The molecule has 24 heavy (non-hydrogen) atoms. The van der Waals surface area contributed by atoms with Gasteiger partial charge in [-0.2, -0.15) is 8.78 Å². The maximum atomic E-state index is 12.8. The largest absolute Gasteiger partial charge is 0.370 e. The topological polar surface area (TPSA) is 50.4 Å². The van der Waals surface area contributed by atoms with Crippen LogP contribution in [0.5, 0.6) is 0 Å².